The highest BCUT2D eigenvalue weighted by Gasteiger charge is 2.45. The number of amides is 1. The van der Waals surface area contributed by atoms with Crippen LogP contribution >= 0.6 is 0 Å². The summed E-state index contributed by atoms with van der Waals surface area (Å²) in [7, 11) is 0. The van der Waals surface area contributed by atoms with Gasteiger partial charge in [0, 0.05) is 12.1 Å². The quantitative estimate of drug-likeness (QED) is 0.268. The number of hydrogen-bond donors (Lipinski definition) is 1. The minimum absolute atomic E-state index is 0.113. The third-order valence-electron chi connectivity index (χ3n) is 6.23. The Morgan fingerprint density at radius 3 is 1.97 bits per heavy atom. The van der Waals surface area contributed by atoms with Crippen molar-refractivity contribution in [1.29, 1.82) is 0 Å². The molecule has 176 valence electrons. The summed E-state index contributed by atoms with van der Waals surface area (Å²) in [6, 6.07) is 17.9. The van der Waals surface area contributed by atoms with Crippen molar-refractivity contribution >= 4 is 17.4 Å². The lowest BCUT2D eigenvalue weighted by Gasteiger charge is -2.27. The first kappa shape index (κ1) is 24.7. The second-order valence-electron chi connectivity index (χ2n) is 8.67. The molecule has 3 rings (SSSR count). The standard InChI is InChI=1S/C28H36N2O3/c1-3-5-18-29(19-6-4-2)20-13-21-30-25(22-14-9-7-10-15-22)24(27(32)28(30)33)26(31)23-16-11-8-12-17-23/h7-12,14-17,25,31H,3-6,13,18-21H2,1-2H3/t25-/m0/s1. The summed E-state index contributed by atoms with van der Waals surface area (Å²) in [5.41, 5.74) is 1.55. The Morgan fingerprint density at radius 1 is 0.848 bits per heavy atom. The monoisotopic (exact) mass is 448 g/mol. The van der Waals surface area contributed by atoms with Crippen LogP contribution in [-0.2, 0) is 9.59 Å². The molecule has 1 heterocycles. The molecular formula is C28H36N2O3. The number of Topliss-reactive ketones (excluding diaryl/α,β-unsaturated/α-hetero) is 1. The van der Waals surface area contributed by atoms with Gasteiger partial charge in [-0.15, -0.1) is 0 Å². The van der Waals surface area contributed by atoms with Gasteiger partial charge in [0.25, 0.3) is 11.7 Å². The van der Waals surface area contributed by atoms with E-state index in [1.165, 1.54) is 0 Å². The van der Waals surface area contributed by atoms with E-state index in [0.717, 1.165) is 57.3 Å². The fourth-order valence-corrected chi connectivity index (χ4v) is 4.41. The minimum atomic E-state index is -0.612. The van der Waals surface area contributed by atoms with Crippen LogP contribution in [-0.4, -0.2) is 52.8 Å². The molecule has 1 saturated heterocycles. The van der Waals surface area contributed by atoms with Crippen LogP contribution < -0.4 is 0 Å². The number of benzene rings is 2. The molecule has 1 amide bonds. The van der Waals surface area contributed by atoms with Gasteiger partial charge in [0.15, 0.2) is 0 Å². The van der Waals surface area contributed by atoms with Gasteiger partial charge in [-0.05, 0) is 44.5 Å². The highest BCUT2D eigenvalue weighted by Crippen LogP contribution is 2.39. The van der Waals surface area contributed by atoms with Crippen molar-refractivity contribution in [3.05, 3.63) is 77.4 Å². The molecule has 0 aromatic heterocycles. The van der Waals surface area contributed by atoms with Crippen molar-refractivity contribution < 1.29 is 14.7 Å². The number of nitrogens with zero attached hydrogens (tertiary/aromatic N) is 2. The zero-order chi connectivity index (χ0) is 23.6. The second-order valence-corrected chi connectivity index (χ2v) is 8.67. The van der Waals surface area contributed by atoms with E-state index < -0.39 is 17.7 Å². The van der Waals surface area contributed by atoms with Gasteiger partial charge in [-0.3, -0.25) is 9.59 Å². The lowest BCUT2D eigenvalue weighted by Crippen LogP contribution is -2.34. The van der Waals surface area contributed by atoms with Gasteiger partial charge in [-0.1, -0.05) is 87.4 Å². The van der Waals surface area contributed by atoms with Crippen LogP contribution in [0.4, 0.5) is 0 Å². The van der Waals surface area contributed by atoms with E-state index in [-0.39, 0.29) is 11.3 Å². The van der Waals surface area contributed by atoms with Crippen LogP contribution in [0.5, 0.6) is 0 Å². The van der Waals surface area contributed by atoms with Crippen LogP contribution in [0.15, 0.2) is 66.2 Å². The molecule has 2 aromatic carbocycles. The third-order valence-corrected chi connectivity index (χ3v) is 6.23. The molecule has 1 atom stereocenters. The topological polar surface area (TPSA) is 60.9 Å². The first-order valence-electron chi connectivity index (χ1n) is 12.2. The lowest BCUT2D eigenvalue weighted by molar-refractivity contribution is -0.140. The molecule has 0 radical (unpaired) electrons. The molecule has 0 bridgehead atoms. The maximum atomic E-state index is 13.1. The Labute approximate surface area is 197 Å². The molecular weight excluding hydrogens is 412 g/mol. The fourth-order valence-electron chi connectivity index (χ4n) is 4.41. The van der Waals surface area contributed by atoms with Crippen molar-refractivity contribution in [3.63, 3.8) is 0 Å². The normalized spacial score (nSPS) is 17.8. The van der Waals surface area contributed by atoms with Crippen LogP contribution in [0.2, 0.25) is 0 Å². The summed E-state index contributed by atoms with van der Waals surface area (Å²) < 4.78 is 0. The molecule has 5 heteroatoms. The van der Waals surface area contributed by atoms with Gasteiger partial charge in [0.2, 0.25) is 0 Å². The SMILES string of the molecule is CCCCN(CCCC)CCCN1C(=O)C(=O)C(=C(O)c2ccccc2)[C@@H]1c1ccccc1. The maximum absolute atomic E-state index is 13.1. The highest BCUT2D eigenvalue weighted by molar-refractivity contribution is 6.46. The molecule has 5 nitrogen and oxygen atoms in total. The Hall–Kier alpha value is -2.92. The minimum Gasteiger partial charge on any atom is -0.507 e. The largest absolute Gasteiger partial charge is 0.507 e. The summed E-state index contributed by atoms with van der Waals surface area (Å²) in [6.07, 6.45) is 5.43. The van der Waals surface area contributed by atoms with E-state index >= 15 is 0 Å². The Kier molecular flexibility index (Phi) is 9.25. The smallest absolute Gasteiger partial charge is 0.295 e. The second kappa shape index (κ2) is 12.4. The average molecular weight is 449 g/mol. The molecule has 0 unspecified atom stereocenters. The van der Waals surface area contributed by atoms with Crippen molar-refractivity contribution in [3.8, 4) is 0 Å². The van der Waals surface area contributed by atoms with Crippen LogP contribution in [0, 0.1) is 0 Å². The molecule has 0 saturated carbocycles. The first-order chi connectivity index (χ1) is 16.1. The number of hydrogen-bond acceptors (Lipinski definition) is 4. The lowest BCUT2D eigenvalue weighted by atomic mass is 9.95. The molecule has 1 aliphatic heterocycles. The van der Waals surface area contributed by atoms with Gasteiger partial charge in [-0.2, -0.15) is 0 Å². The Bertz CT molecular complexity index is 932. The number of unbranched alkanes of at least 4 members (excludes halogenated alkanes) is 2. The predicted octanol–water partition coefficient (Wildman–Crippen LogP) is 5.40. The molecule has 33 heavy (non-hydrogen) atoms. The fraction of sp³-hybridized carbons (Fsp3) is 0.429. The molecule has 1 N–H and O–H groups in total. The first-order valence-corrected chi connectivity index (χ1v) is 12.2. The van der Waals surface area contributed by atoms with Crippen LogP contribution in [0.3, 0.4) is 0 Å². The van der Waals surface area contributed by atoms with Gasteiger partial charge in [0.1, 0.15) is 5.76 Å². The number of aliphatic hydroxyl groups is 1. The van der Waals surface area contributed by atoms with E-state index in [2.05, 4.69) is 18.7 Å². The zero-order valence-corrected chi connectivity index (χ0v) is 19.9. The van der Waals surface area contributed by atoms with Crippen LogP contribution in [0.1, 0.15) is 63.1 Å². The summed E-state index contributed by atoms with van der Waals surface area (Å²) >= 11 is 0. The van der Waals surface area contributed by atoms with E-state index in [1.807, 2.05) is 48.5 Å². The van der Waals surface area contributed by atoms with Crippen LogP contribution in [0.25, 0.3) is 5.76 Å². The number of rotatable bonds is 12. The highest BCUT2D eigenvalue weighted by atomic mass is 16.3. The molecule has 1 aliphatic rings. The van der Waals surface area contributed by atoms with Crippen molar-refractivity contribution in [2.75, 3.05) is 26.2 Å². The number of carbonyl (C=O) groups excluding carboxylic acids is 2. The molecule has 2 aromatic rings. The number of ketones is 1. The summed E-state index contributed by atoms with van der Waals surface area (Å²) in [6.45, 7) is 7.89. The van der Waals surface area contributed by atoms with Crippen molar-refractivity contribution in [2.24, 2.45) is 0 Å². The maximum Gasteiger partial charge on any atom is 0.295 e. The molecule has 0 spiro atoms. The third kappa shape index (κ3) is 6.11. The predicted molar refractivity (Wildman–Crippen MR) is 133 cm³/mol. The van der Waals surface area contributed by atoms with E-state index in [9.17, 15) is 14.7 Å². The number of likely N-dealkylation sites (tertiary alicyclic amines) is 1. The Balaban J connectivity index is 1.85. The van der Waals surface area contributed by atoms with Gasteiger partial charge in [0.05, 0.1) is 11.6 Å². The molecule has 1 fully saturated rings. The summed E-state index contributed by atoms with van der Waals surface area (Å²) in [5.74, 6) is -1.26. The van der Waals surface area contributed by atoms with Crippen molar-refractivity contribution in [2.45, 2.75) is 52.0 Å². The van der Waals surface area contributed by atoms with Crippen molar-refractivity contribution in [1.82, 2.24) is 9.80 Å². The number of carbonyl (C=O) groups is 2. The number of aliphatic hydroxyl groups excluding tert-OH is 1. The summed E-state index contributed by atoms with van der Waals surface area (Å²) in [4.78, 5) is 30.3. The van der Waals surface area contributed by atoms with E-state index in [4.69, 9.17) is 0 Å². The average Bonchev–Trinajstić information content (AvgIpc) is 3.11. The summed E-state index contributed by atoms with van der Waals surface area (Å²) in [5, 5.41) is 11.0. The van der Waals surface area contributed by atoms with Gasteiger partial charge in [-0.25, -0.2) is 0 Å². The van der Waals surface area contributed by atoms with E-state index in [0.29, 0.717) is 12.1 Å². The Morgan fingerprint density at radius 2 is 1.39 bits per heavy atom. The molecule has 0 aliphatic carbocycles. The zero-order valence-electron chi connectivity index (χ0n) is 19.9. The van der Waals surface area contributed by atoms with Gasteiger partial charge >= 0.3 is 0 Å². The van der Waals surface area contributed by atoms with E-state index in [1.54, 1.807) is 17.0 Å². The van der Waals surface area contributed by atoms with Gasteiger partial charge < -0.3 is 14.9 Å².